The van der Waals surface area contributed by atoms with Gasteiger partial charge < -0.3 is 23.9 Å². The van der Waals surface area contributed by atoms with E-state index in [0.29, 0.717) is 29.2 Å². The van der Waals surface area contributed by atoms with E-state index in [1.807, 2.05) is 0 Å². The minimum atomic E-state index is -4.49. The standard InChI is InChI=1S/C23H24F3N3O5/c1-13(28-14(2)30)10-32-21-8-19-17(9-27-21)29-22(34-19)16-5-6-18(31-11-15-3-4-15)20(7-16)33-12-23(24,25)26/h5-9,13,15H,3-4,10-12H2,1-2H3,(H,28,30)/t13-/m0/s1. The van der Waals surface area contributed by atoms with Crippen LogP contribution in [0.25, 0.3) is 22.6 Å². The number of nitrogens with zero attached hydrogens (tertiary/aromatic N) is 2. The molecule has 1 N–H and O–H groups in total. The Morgan fingerprint density at radius 1 is 1.21 bits per heavy atom. The van der Waals surface area contributed by atoms with Crippen molar-refractivity contribution in [2.75, 3.05) is 19.8 Å². The molecule has 0 aliphatic heterocycles. The number of rotatable bonds is 10. The molecule has 3 aromatic rings. The maximum atomic E-state index is 12.7. The fraction of sp³-hybridized carbons (Fsp3) is 0.435. The number of nitrogens with one attached hydrogen (secondary N) is 1. The van der Waals surface area contributed by atoms with Gasteiger partial charge in [0.2, 0.25) is 17.7 Å². The first-order chi connectivity index (χ1) is 16.2. The summed E-state index contributed by atoms with van der Waals surface area (Å²) >= 11 is 0. The number of amides is 1. The predicted molar refractivity (Wildman–Crippen MR) is 116 cm³/mol. The van der Waals surface area contributed by atoms with Gasteiger partial charge in [0.25, 0.3) is 0 Å². The number of oxazole rings is 1. The second-order valence-corrected chi connectivity index (χ2v) is 8.24. The van der Waals surface area contributed by atoms with Gasteiger partial charge in [-0.15, -0.1) is 0 Å². The molecule has 1 saturated carbocycles. The summed E-state index contributed by atoms with van der Waals surface area (Å²) in [5.41, 5.74) is 1.26. The maximum Gasteiger partial charge on any atom is 0.422 e. The smallest absolute Gasteiger partial charge is 0.422 e. The SMILES string of the molecule is CC(=O)N[C@@H](C)COc1cc2oc(-c3ccc(OCC4CC4)c(OCC(F)(F)F)c3)nc2cn1. The number of pyridine rings is 1. The average molecular weight is 479 g/mol. The number of fused-ring (bicyclic) bond motifs is 1. The number of ether oxygens (including phenoxy) is 3. The van der Waals surface area contributed by atoms with Gasteiger partial charge in [0.15, 0.2) is 23.7 Å². The summed E-state index contributed by atoms with van der Waals surface area (Å²) in [6.45, 7) is 2.41. The van der Waals surface area contributed by atoms with Crippen molar-refractivity contribution in [2.45, 2.75) is 38.9 Å². The van der Waals surface area contributed by atoms with Crippen molar-refractivity contribution in [2.24, 2.45) is 5.92 Å². The molecular weight excluding hydrogens is 455 g/mol. The second-order valence-electron chi connectivity index (χ2n) is 8.24. The van der Waals surface area contributed by atoms with Crippen LogP contribution in [-0.4, -0.2) is 47.9 Å². The lowest BCUT2D eigenvalue weighted by Crippen LogP contribution is -2.35. The molecule has 11 heteroatoms. The Morgan fingerprint density at radius 2 is 2.00 bits per heavy atom. The number of aromatic nitrogens is 2. The van der Waals surface area contributed by atoms with E-state index in [1.54, 1.807) is 25.1 Å². The summed E-state index contributed by atoms with van der Waals surface area (Å²) in [5, 5.41) is 2.70. The maximum absolute atomic E-state index is 12.7. The van der Waals surface area contributed by atoms with Crippen LogP contribution in [0.5, 0.6) is 17.4 Å². The third-order valence-corrected chi connectivity index (χ3v) is 4.93. The summed E-state index contributed by atoms with van der Waals surface area (Å²) < 4.78 is 60.3. The van der Waals surface area contributed by atoms with Crippen molar-refractivity contribution >= 4 is 17.0 Å². The molecule has 0 unspecified atom stereocenters. The predicted octanol–water partition coefficient (Wildman–Crippen LogP) is 4.52. The van der Waals surface area contributed by atoms with Crippen molar-refractivity contribution in [1.82, 2.24) is 15.3 Å². The van der Waals surface area contributed by atoms with Gasteiger partial charge in [-0.2, -0.15) is 13.2 Å². The van der Waals surface area contributed by atoms with Crippen molar-refractivity contribution in [3.05, 3.63) is 30.5 Å². The molecule has 1 aromatic carbocycles. The van der Waals surface area contributed by atoms with Gasteiger partial charge >= 0.3 is 6.18 Å². The quantitative estimate of drug-likeness (QED) is 0.457. The van der Waals surface area contributed by atoms with E-state index in [9.17, 15) is 18.0 Å². The van der Waals surface area contributed by atoms with Gasteiger partial charge in [-0.3, -0.25) is 4.79 Å². The van der Waals surface area contributed by atoms with E-state index in [2.05, 4.69) is 15.3 Å². The van der Waals surface area contributed by atoms with Crippen molar-refractivity contribution < 1.29 is 36.6 Å². The third kappa shape index (κ3) is 6.52. The highest BCUT2D eigenvalue weighted by Crippen LogP contribution is 2.37. The fourth-order valence-electron chi connectivity index (χ4n) is 3.14. The molecule has 0 saturated heterocycles. The first-order valence-corrected chi connectivity index (χ1v) is 10.8. The van der Waals surface area contributed by atoms with Gasteiger partial charge in [0, 0.05) is 18.6 Å². The van der Waals surface area contributed by atoms with E-state index in [4.69, 9.17) is 18.6 Å². The van der Waals surface area contributed by atoms with Crippen molar-refractivity contribution in [3.63, 3.8) is 0 Å². The molecule has 1 amide bonds. The molecule has 2 heterocycles. The van der Waals surface area contributed by atoms with E-state index in [-0.39, 0.29) is 41.8 Å². The number of hydrogen-bond acceptors (Lipinski definition) is 7. The van der Waals surface area contributed by atoms with Crippen LogP contribution in [0.2, 0.25) is 0 Å². The largest absolute Gasteiger partial charge is 0.489 e. The van der Waals surface area contributed by atoms with Gasteiger partial charge in [-0.1, -0.05) is 0 Å². The molecule has 34 heavy (non-hydrogen) atoms. The Morgan fingerprint density at radius 3 is 2.71 bits per heavy atom. The summed E-state index contributed by atoms with van der Waals surface area (Å²) in [5.74, 6) is 0.935. The Kier molecular flexibility index (Phi) is 6.80. The lowest BCUT2D eigenvalue weighted by atomic mass is 10.2. The van der Waals surface area contributed by atoms with Crippen LogP contribution < -0.4 is 19.5 Å². The zero-order valence-electron chi connectivity index (χ0n) is 18.6. The number of alkyl halides is 3. The Balaban J connectivity index is 1.52. The van der Waals surface area contributed by atoms with Crippen LogP contribution in [0.4, 0.5) is 13.2 Å². The molecule has 8 nitrogen and oxygen atoms in total. The zero-order valence-corrected chi connectivity index (χ0v) is 18.6. The van der Waals surface area contributed by atoms with Gasteiger partial charge in [-0.25, -0.2) is 9.97 Å². The number of carbonyl (C=O) groups is 1. The molecule has 1 aliphatic rings. The fourth-order valence-corrected chi connectivity index (χ4v) is 3.14. The average Bonchev–Trinajstić information content (AvgIpc) is 3.50. The van der Waals surface area contributed by atoms with Gasteiger partial charge in [0.1, 0.15) is 12.1 Å². The summed E-state index contributed by atoms with van der Waals surface area (Å²) in [7, 11) is 0. The molecule has 0 spiro atoms. The molecule has 0 radical (unpaired) electrons. The molecule has 182 valence electrons. The van der Waals surface area contributed by atoms with Crippen LogP contribution in [-0.2, 0) is 4.79 Å². The topological polar surface area (TPSA) is 95.7 Å². The van der Waals surface area contributed by atoms with Gasteiger partial charge in [-0.05, 0) is 43.9 Å². The monoisotopic (exact) mass is 479 g/mol. The molecule has 1 fully saturated rings. The van der Waals surface area contributed by atoms with Crippen LogP contribution in [0, 0.1) is 5.92 Å². The molecule has 1 aliphatic carbocycles. The zero-order chi connectivity index (χ0) is 24.3. The first kappa shape index (κ1) is 23.7. The highest BCUT2D eigenvalue weighted by molar-refractivity contribution is 5.76. The lowest BCUT2D eigenvalue weighted by Gasteiger charge is -2.14. The third-order valence-electron chi connectivity index (χ3n) is 4.93. The van der Waals surface area contributed by atoms with E-state index < -0.39 is 12.8 Å². The Hall–Kier alpha value is -3.50. The highest BCUT2D eigenvalue weighted by Gasteiger charge is 2.29. The summed E-state index contributed by atoms with van der Waals surface area (Å²) in [4.78, 5) is 19.6. The van der Waals surface area contributed by atoms with Crippen molar-refractivity contribution in [1.29, 1.82) is 0 Å². The van der Waals surface area contributed by atoms with E-state index >= 15 is 0 Å². The molecule has 4 rings (SSSR count). The highest BCUT2D eigenvalue weighted by atomic mass is 19.4. The molecule has 0 bridgehead atoms. The van der Waals surface area contributed by atoms with Crippen LogP contribution in [0.15, 0.2) is 34.9 Å². The van der Waals surface area contributed by atoms with Crippen molar-refractivity contribution in [3.8, 4) is 28.8 Å². The molecule has 1 atom stereocenters. The number of carbonyl (C=O) groups excluding carboxylic acids is 1. The summed E-state index contributed by atoms with van der Waals surface area (Å²) in [6.07, 6.45) is -0.924. The van der Waals surface area contributed by atoms with E-state index in [0.717, 1.165) is 12.8 Å². The summed E-state index contributed by atoms with van der Waals surface area (Å²) in [6, 6.07) is 5.96. The Bertz CT molecular complexity index is 1160. The Labute approximate surface area is 193 Å². The minimum absolute atomic E-state index is 0.0353. The van der Waals surface area contributed by atoms with Crippen LogP contribution >= 0.6 is 0 Å². The second kappa shape index (κ2) is 9.78. The normalized spacial score (nSPS) is 14.6. The van der Waals surface area contributed by atoms with Crippen LogP contribution in [0.1, 0.15) is 26.7 Å². The van der Waals surface area contributed by atoms with Crippen LogP contribution in [0.3, 0.4) is 0 Å². The van der Waals surface area contributed by atoms with Gasteiger partial charge in [0.05, 0.1) is 18.8 Å². The minimum Gasteiger partial charge on any atom is -0.489 e. The lowest BCUT2D eigenvalue weighted by molar-refractivity contribution is -0.153. The first-order valence-electron chi connectivity index (χ1n) is 10.8. The van der Waals surface area contributed by atoms with E-state index in [1.165, 1.54) is 19.2 Å². The number of halogens is 3. The molecule has 2 aromatic heterocycles. The number of hydrogen-bond donors (Lipinski definition) is 1. The number of benzene rings is 1. The molecular formula is C23H24F3N3O5.